The Morgan fingerprint density at radius 2 is 1.62 bits per heavy atom. The fourth-order valence-corrected chi connectivity index (χ4v) is 2.33. The summed E-state index contributed by atoms with van der Waals surface area (Å²) < 4.78 is 0. The van der Waals surface area contributed by atoms with Gasteiger partial charge in [-0.1, -0.05) is 63.3 Å². The van der Waals surface area contributed by atoms with Gasteiger partial charge in [-0.05, 0) is 36.5 Å². The normalized spacial score (nSPS) is 12.7. The summed E-state index contributed by atoms with van der Waals surface area (Å²) in [7, 11) is 0. The van der Waals surface area contributed by atoms with Crippen LogP contribution in [-0.4, -0.2) is 0 Å². The Morgan fingerprint density at radius 3 is 2.19 bits per heavy atom. The van der Waals surface area contributed by atoms with Gasteiger partial charge in [0.2, 0.25) is 0 Å². The second-order valence-corrected chi connectivity index (χ2v) is 4.97. The van der Waals surface area contributed by atoms with Crippen LogP contribution in [0.1, 0.15) is 63.9 Å². The lowest BCUT2D eigenvalue weighted by molar-refractivity contribution is 0.529. The smallest absolute Gasteiger partial charge is 0.0406 e. The van der Waals surface area contributed by atoms with Crippen molar-refractivity contribution in [2.24, 2.45) is 0 Å². The first-order valence-electron chi connectivity index (χ1n) is 6.53. The molecule has 1 aromatic rings. The molecule has 0 fully saturated rings. The van der Waals surface area contributed by atoms with E-state index in [4.69, 9.17) is 11.6 Å². The lowest BCUT2D eigenvalue weighted by atomic mass is 9.89. The van der Waals surface area contributed by atoms with Gasteiger partial charge in [-0.25, -0.2) is 0 Å². The highest BCUT2D eigenvalue weighted by atomic mass is 35.5. The largest absolute Gasteiger partial charge is 0.0843 e. The Kier molecular flexibility index (Phi) is 6.56. The molecule has 0 aliphatic rings. The van der Waals surface area contributed by atoms with Gasteiger partial charge in [-0.15, -0.1) is 0 Å². The van der Waals surface area contributed by atoms with Crippen molar-refractivity contribution in [1.82, 2.24) is 0 Å². The van der Waals surface area contributed by atoms with E-state index in [0.717, 1.165) is 10.9 Å². The van der Waals surface area contributed by atoms with Crippen LogP contribution in [0.25, 0.3) is 0 Å². The molecule has 1 heteroatoms. The Hall–Kier alpha value is -0.490. The van der Waals surface area contributed by atoms with Crippen molar-refractivity contribution >= 4 is 11.6 Å². The Balaban J connectivity index is 2.57. The average Bonchev–Trinajstić information content (AvgIpc) is 2.29. The predicted molar refractivity (Wildman–Crippen MR) is 73.2 cm³/mol. The van der Waals surface area contributed by atoms with Crippen LogP contribution < -0.4 is 0 Å². The molecule has 90 valence electrons. The molecule has 0 N–H and O–H groups in total. The third-order valence-corrected chi connectivity index (χ3v) is 3.39. The van der Waals surface area contributed by atoms with E-state index >= 15 is 0 Å². The Labute approximate surface area is 105 Å². The molecule has 0 amide bonds. The zero-order chi connectivity index (χ0) is 11.8. The van der Waals surface area contributed by atoms with Crippen LogP contribution in [0.15, 0.2) is 24.3 Å². The number of hydrogen-bond acceptors (Lipinski definition) is 0. The highest BCUT2D eigenvalue weighted by molar-refractivity contribution is 6.30. The van der Waals surface area contributed by atoms with Gasteiger partial charge in [0, 0.05) is 5.02 Å². The molecule has 0 nitrogen and oxygen atoms in total. The number of rotatable bonds is 7. The Morgan fingerprint density at radius 1 is 0.938 bits per heavy atom. The summed E-state index contributed by atoms with van der Waals surface area (Å²) in [5, 5.41) is 0.840. The van der Waals surface area contributed by atoms with Crippen molar-refractivity contribution in [3.05, 3.63) is 34.9 Å². The lowest BCUT2D eigenvalue weighted by Crippen LogP contribution is -1.98. The maximum Gasteiger partial charge on any atom is 0.0406 e. The quantitative estimate of drug-likeness (QED) is 0.527. The number of halogens is 1. The highest BCUT2D eigenvalue weighted by Gasteiger charge is 2.09. The first kappa shape index (κ1) is 13.6. The predicted octanol–water partition coefficient (Wildman–Crippen LogP) is 5.80. The molecule has 0 bridgehead atoms. The van der Waals surface area contributed by atoms with Crippen molar-refractivity contribution in [2.75, 3.05) is 0 Å². The number of benzene rings is 1. The van der Waals surface area contributed by atoms with Crippen LogP contribution in [-0.2, 0) is 0 Å². The molecule has 0 radical (unpaired) electrons. The molecule has 1 rings (SSSR count). The van der Waals surface area contributed by atoms with Gasteiger partial charge in [-0.2, -0.15) is 0 Å². The van der Waals surface area contributed by atoms with E-state index in [1.807, 2.05) is 12.1 Å². The highest BCUT2D eigenvalue weighted by Crippen LogP contribution is 2.28. The van der Waals surface area contributed by atoms with E-state index in [-0.39, 0.29) is 0 Å². The van der Waals surface area contributed by atoms with E-state index in [2.05, 4.69) is 26.0 Å². The van der Waals surface area contributed by atoms with Gasteiger partial charge in [0.1, 0.15) is 0 Å². The average molecular weight is 239 g/mol. The number of hydrogen-bond donors (Lipinski definition) is 0. The molecule has 0 aliphatic carbocycles. The SMILES string of the molecule is CCCCCC(CCC)c1ccc(Cl)cc1. The minimum absolute atomic E-state index is 0.730. The topological polar surface area (TPSA) is 0 Å². The van der Waals surface area contributed by atoms with Crippen LogP contribution in [0.2, 0.25) is 5.02 Å². The van der Waals surface area contributed by atoms with E-state index in [1.54, 1.807) is 0 Å². The maximum atomic E-state index is 5.92. The molecule has 1 atom stereocenters. The third-order valence-electron chi connectivity index (χ3n) is 3.13. The molecule has 0 saturated carbocycles. The third kappa shape index (κ3) is 4.57. The molecule has 1 aromatic carbocycles. The van der Waals surface area contributed by atoms with Gasteiger partial charge in [0.15, 0.2) is 0 Å². The minimum atomic E-state index is 0.730. The summed E-state index contributed by atoms with van der Waals surface area (Å²) in [6, 6.07) is 8.40. The van der Waals surface area contributed by atoms with Crippen LogP contribution >= 0.6 is 11.6 Å². The molecular formula is C15H23Cl. The van der Waals surface area contributed by atoms with E-state index < -0.39 is 0 Å². The first-order chi connectivity index (χ1) is 7.77. The van der Waals surface area contributed by atoms with E-state index in [9.17, 15) is 0 Å². The summed E-state index contributed by atoms with van der Waals surface area (Å²) in [5.41, 5.74) is 1.46. The molecule has 0 aliphatic heterocycles. The maximum absolute atomic E-state index is 5.92. The van der Waals surface area contributed by atoms with E-state index in [0.29, 0.717) is 0 Å². The van der Waals surface area contributed by atoms with Gasteiger partial charge >= 0.3 is 0 Å². The van der Waals surface area contributed by atoms with Gasteiger partial charge in [0.25, 0.3) is 0 Å². The van der Waals surface area contributed by atoms with Gasteiger partial charge < -0.3 is 0 Å². The van der Waals surface area contributed by atoms with Crippen molar-refractivity contribution in [3.63, 3.8) is 0 Å². The van der Waals surface area contributed by atoms with Crippen molar-refractivity contribution in [2.45, 2.75) is 58.3 Å². The molecular weight excluding hydrogens is 216 g/mol. The molecule has 1 unspecified atom stereocenters. The number of unbranched alkanes of at least 4 members (excludes halogenated alkanes) is 2. The second-order valence-electron chi connectivity index (χ2n) is 4.53. The monoisotopic (exact) mass is 238 g/mol. The fraction of sp³-hybridized carbons (Fsp3) is 0.600. The van der Waals surface area contributed by atoms with Crippen LogP contribution in [0.5, 0.6) is 0 Å². The van der Waals surface area contributed by atoms with Crippen molar-refractivity contribution < 1.29 is 0 Å². The first-order valence-corrected chi connectivity index (χ1v) is 6.91. The standard InChI is InChI=1S/C15H23Cl/c1-3-5-6-8-13(7-4-2)14-9-11-15(16)12-10-14/h9-13H,3-8H2,1-2H3. The zero-order valence-electron chi connectivity index (χ0n) is 10.5. The molecule has 0 saturated heterocycles. The molecule has 0 aromatic heterocycles. The lowest BCUT2D eigenvalue weighted by Gasteiger charge is -2.16. The summed E-state index contributed by atoms with van der Waals surface area (Å²) in [4.78, 5) is 0. The zero-order valence-corrected chi connectivity index (χ0v) is 11.3. The fourth-order valence-electron chi connectivity index (χ4n) is 2.20. The second kappa shape index (κ2) is 7.73. The van der Waals surface area contributed by atoms with Crippen molar-refractivity contribution in [3.8, 4) is 0 Å². The van der Waals surface area contributed by atoms with E-state index in [1.165, 1.54) is 44.1 Å². The molecule has 16 heavy (non-hydrogen) atoms. The summed E-state index contributed by atoms with van der Waals surface area (Å²) >= 11 is 5.92. The summed E-state index contributed by atoms with van der Waals surface area (Å²) in [5.74, 6) is 0.730. The Bertz CT molecular complexity index is 276. The van der Waals surface area contributed by atoms with Gasteiger partial charge in [-0.3, -0.25) is 0 Å². The molecule has 0 heterocycles. The summed E-state index contributed by atoms with van der Waals surface area (Å²) in [6.45, 7) is 4.53. The summed E-state index contributed by atoms with van der Waals surface area (Å²) in [6.07, 6.45) is 7.89. The van der Waals surface area contributed by atoms with Gasteiger partial charge in [0.05, 0.1) is 0 Å². The van der Waals surface area contributed by atoms with Crippen molar-refractivity contribution in [1.29, 1.82) is 0 Å². The van der Waals surface area contributed by atoms with Crippen LogP contribution in [0.3, 0.4) is 0 Å². The van der Waals surface area contributed by atoms with Crippen LogP contribution in [0, 0.1) is 0 Å². The minimum Gasteiger partial charge on any atom is -0.0843 e. The van der Waals surface area contributed by atoms with Crippen LogP contribution in [0.4, 0.5) is 0 Å². The molecule has 0 spiro atoms.